The van der Waals surface area contributed by atoms with Crippen LogP contribution in [0.25, 0.3) is 16.2 Å². The second kappa shape index (κ2) is 8.23. The van der Waals surface area contributed by atoms with Crippen LogP contribution in [-0.2, 0) is 4.74 Å². The number of hydrogen-bond acceptors (Lipinski definition) is 5. The summed E-state index contributed by atoms with van der Waals surface area (Å²) < 4.78 is 7.20. The summed E-state index contributed by atoms with van der Waals surface area (Å²) >= 11 is 1.58. The van der Waals surface area contributed by atoms with Crippen LogP contribution >= 0.6 is 11.3 Å². The smallest absolute Gasteiger partial charge is 0.412 e. The maximum atomic E-state index is 12.5. The zero-order valence-corrected chi connectivity index (χ0v) is 18.2. The van der Waals surface area contributed by atoms with Crippen molar-refractivity contribution < 1.29 is 14.3 Å². The second-order valence-electron chi connectivity index (χ2n) is 7.95. The van der Waals surface area contributed by atoms with E-state index in [1.165, 1.54) is 0 Å². The maximum absolute atomic E-state index is 12.5. The number of rotatable bonds is 4. The Morgan fingerprint density at radius 3 is 2.26 bits per heavy atom. The Labute approximate surface area is 183 Å². The van der Waals surface area contributed by atoms with Crippen LogP contribution in [0.2, 0.25) is 0 Å². The summed E-state index contributed by atoms with van der Waals surface area (Å²) in [5, 5.41) is 7.51. The minimum absolute atomic E-state index is 0.237. The summed E-state index contributed by atoms with van der Waals surface area (Å²) in [5.41, 5.74) is 3.01. The fraction of sp³-hybridized carbons (Fsp3) is 0.174. The van der Waals surface area contributed by atoms with Crippen molar-refractivity contribution in [3.05, 3.63) is 71.9 Å². The lowest BCUT2D eigenvalue weighted by Gasteiger charge is -2.19. The molecule has 0 unspecified atom stereocenters. The Hall–Kier alpha value is -3.65. The lowest BCUT2D eigenvalue weighted by atomic mass is 10.1. The van der Waals surface area contributed by atoms with Crippen molar-refractivity contribution in [3.63, 3.8) is 0 Å². The average Bonchev–Trinajstić information content (AvgIpc) is 3.30. The van der Waals surface area contributed by atoms with Crippen LogP contribution in [0.15, 0.2) is 66.3 Å². The van der Waals surface area contributed by atoms with Gasteiger partial charge in [-0.2, -0.15) is 0 Å². The monoisotopic (exact) mass is 434 g/mol. The number of nitrogens with zero attached hydrogens (tertiary/aromatic N) is 2. The van der Waals surface area contributed by atoms with E-state index < -0.39 is 11.7 Å². The first-order valence-corrected chi connectivity index (χ1v) is 10.6. The normalized spacial score (nSPS) is 11.3. The van der Waals surface area contributed by atoms with Crippen molar-refractivity contribution in [2.24, 2.45) is 0 Å². The number of aromatic nitrogens is 2. The molecule has 0 aliphatic rings. The summed E-state index contributed by atoms with van der Waals surface area (Å²) in [7, 11) is 0. The van der Waals surface area contributed by atoms with Gasteiger partial charge in [-0.05, 0) is 57.2 Å². The van der Waals surface area contributed by atoms with Crippen LogP contribution in [0, 0.1) is 0 Å². The van der Waals surface area contributed by atoms with Gasteiger partial charge in [0.1, 0.15) is 5.60 Å². The van der Waals surface area contributed by atoms with Gasteiger partial charge >= 0.3 is 6.09 Å². The number of fused-ring (bicyclic) bond motifs is 1. The number of carbonyl (C=O) groups excluding carboxylic acids is 2. The first-order valence-electron chi connectivity index (χ1n) is 9.71. The minimum atomic E-state index is -0.576. The lowest BCUT2D eigenvalue weighted by molar-refractivity contribution is 0.0636. The quantitative estimate of drug-likeness (QED) is 0.434. The number of amides is 2. The number of benzene rings is 2. The number of anilines is 2. The van der Waals surface area contributed by atoms with E-state index in [1.807, 2.05) is 46.4 Å². The topological polar surface area (TPSA) is 84.7 Å². The molecule has 0 fully saturated rings. The van der Waals surface area contributed by atoms with E-state index >= 15 is 0 Å². The van der Waals surface area contributed by atoms with Crippen molar-refractivity contribution in [2.45, 2.75) is 26.4 Å². The molecule has 31 heavy (non-hydrogen) atoms. The van der Waals surface area contributed by atoms with Gasteiger partial charge in [0.05, 0.1) is 5.69 Å². The SMILES string of the molecule is CC(C)(C)OC(=O)Nc1ccc(C(=O)Nc2ccc(-c3cn4ccsc4n3)cc2)cc1. The van der Waals surface area contributed by atoms with Crippen LogP contribution in [0.3, 0.4) is 0 Å². The van der Waals surface area contributed by atoms with E-state index in [4.69, 9.17) is 4.74 Å². The number of hydrogen-bond donors (Lipinski definition) is 2. The molecule has 0 radical (unpaired) electrons. The van der Waals surface area contributed by atoms with E-state index in [2.05, 4.69) is 15.6 Å². The van der Waals surface area contributed by atoms with Crippen LogP contribution in [0.1, 0.15) is 31.1 Å². The molecule has 0 spiro atoms. The summed E-state index contributed by atoms with van der Waals surface area (Å²) in [6.07, 6.45) is 3.41. The summed E-state index contributed by atoms with van der Waals surface area (Å²) in [6, 6.07) is 14.2. The molecular formula is C23H22N4O3S. The second-order valence-corrected chi connectivity index (χ2v) is 8.83. The fourth-order valence-corrected chi connectivity index (χ4v) is 3.62. The molecule has 4 aromatic rings. The molecule has 158 valence electrons. The Balaban J connectivity index is 1.37. The molecule has 2 heterocycles. The number of nitrogens with one attached hydrogen (secondary N) is 2. The highest BCUT2D eigenvalue weighted by atomic mass is 32.1. The molecule has 0 saturated carbocycles. The first kappa shape index (κ1) is 20.6. The van der Waals surface area contributed by atoms with Gasteiger partial charge < -0.3 is 10.1 Å². The standard InChI is InChI=1S/C23H22N4O3S/c1-23(2,3)30-22(29)25-18-10-6-16(7-11-18)20(28)24-17-8-4-15(5-9-17)19-14-27-12-13-31-21(27)26-19/h4-14H,1-3H3,(H,24,28)(H,25,29). The molecule has 4 rings (SSSR count). The molecule has 2 amide bonds. The first-order chi connectivity index (χ1) is 14.8. The van der Waals surface area contributed by atoms with E-state index in [1.54, 1.807) is 56.4 Å². The van der Waals surface area contributed by atoms with Crippen LogP contribution < -0.4 is 10.6 Å². The fourth-order valence-electron chi connectivity index (χ4n) is 2.92. The van der Waals surface area contributed by atoms with Crippen LogP contribution in [0.5, 0.6) is 0 Å². The molecule has 0 aliphatic carbocycles. The maximum Gasteiger partial charge on any atom is 0.412 e. The molecule has 2 aromatic carbocycles. The average molecular weight is 435 g/mol. The molecule has 0 atom stereocenters. The van der Waals surface area contributed by atoms with Crippen LogP contribution in [0.4, 0.5) is 16.2 Å². The third-order valence-electron chi connectivity index (χ3n) is 4.32. The number of carbonyl (C=O) groups is 2. The van der Waals surface area contributed by atoms with Crippen molar-refractivity contribution in [2.75, 3.05) is 10.6 Å². The Morgan fingerprint density at radius 2 is 1.61 bits per heavy atom. The Kier molecular flexibility index (Phi) is 5.48. The molecule has 0 saturated heterocycles. The highest BCUT2D eigenvalue weighted by Gasteiger charge is 2.16. The van der Waals surface area contributed by atoms with E-state index in [-0.39, 0.29) is 5.91 Å². The van der Waals surface area contributed by atoms with Gasteiger partial charge in [0, 0.05) is 40.3 Å². The van der Waals surface area contributed by atoms with Gasteiger partial charge in [-0.3, -0.25) is 14.5 Å². The van der Waals surface area contributed by atoms with Gasteiger partial charge in [-0.15, -0.1) is 11.3 Å². The summed E-state index contributed by atoms with van der Waals surface area (Å²) in [6.45, 7) is 5.39. The van der Waals surface area contributed by atoms with Gasteiger partial charge in [-0.1, -0.05) is 12.1 Å². The van der Waals surface area contributed by atoms with E-state index in [0.717, 1.165) is 16.2 Å². The molecule has 2 N–H and O–H groups in total. The van der Waals surface area contributed by atoms with Crippen molar-refractivity contribution in [3.8, 4) is 11.3 Å². The third-order valence-corrected chi connectivity index (χ3v) is 5.09. The highest BCUT2D eigenvalue weighted by Crippen LogP contribution is 2.23. The predicted molar refractivity (Wildman–Crippen MR) is 123 cm³/mol. The number of thiazole rings is 1. The zero-order chi connectivity index (χ0) is 22.0. The Morgan fingerprint density at radius 1 is 0.968 bits per heavy atom. The zero-order valence-electron chi connectivity index (χ0n) is 17.4. The molecule has 0 aliphatic heterocycles. The van der Waals surface area contributed by atoms with E-state index in [0.29, 0.717) is 16.9 Å². The molecule has 7 nitrogen and oxygen atoms in total. The van der Waals surface area contributed by atoms with Crippen molar-refractivity contribution in [1.82, 2.24) is 9.38 Å². The van der Waals surface area contributed by atoms with E-state index in [9.17, 15) is 9.59 Å². The van der Waals surface area contributed by atoms with Gasteiger partial charge in [0.2, 0.25) is 0 Å². The van der Waals surface area contributed by atoms with Gasteiger partial charge in [-0.25, -0.2) is 9.78 Å². The van der Waals surface area contributed by atoms with Crippen molar-refractivity contribution >= 4 is 39.7 Å². The predicted octanol–water partition coefficient (Wildman–Crippen LogP) is 5.66. The Bertz CT molecular complexity index is 1190. The van der Waals surface area contributed by atoms with Gasteiger partial charge in [0.25, 0.3) is 5.91 Å². The molecule has 8 heteroatoms. The minimum Gasteiger partial charge on any atom is -0.444 e. The molecule has 0 bridgehead atoms. The highest BCUT2D eigenvalue weighted by molar-refractivity contribution is 7.15. The number of imidazole rings is 1. The lowest BCUT2D eigenvalue weighted by Crippen LogP contribution is -2.27. The van der Waals surface area contributed by atoms with Crippen LogP contribution in [-0.4, -0.2) is 27.0 Å². The molecule has 2 aromatic heterocycles. The summed E-state index contributed by atoms with van der Waals surface area (Å²) in [5.74, 6) is -0.237. The van der Waals surface area contributed by atoms with Gasteiger partial charge in [0.15, 0.2) is 4.96 Å². The third kappa shape index (κ3) is 5.10. The molecular weight excluding hydrogens is 412 g/mol. The summed E-state index contributed by atoms with van der Waals surface area (Å²) in [4.78, 5) is 29.9. The largest absolute Gasteiger partial charge is 0.444 e. The number of ether oxygens (including phenoxy) is 1. The van der Waals surface area contributed by atoms with Crippen molar-refractivity contribution in [1.29, 1.82) is 0 Å².